The van der Waals surface area contributed by atoms with E-state index in [1.54, 1.807) is 0 Å². The van der Waals surface area contributed by atoms with E-state index in [0.717, 1.165) is 0 Å². The van der Waals surface area contributed by atoms with Gasteiger partial charge in [0, 0.05) is 25.5 Å². The molecule has 0 saturated carbocycles. The van der Waals surface area contributed by atoms with Crippen molar-refractivity contribution in [3.8, 4) is 0 Å². The fourth-order valence-electron chi connectivity index (χ4n) is 4.77. The fraction of sp³-hybridized carbons (Fsp3) is 0.929. The topological polar surface area (TPSA) is 6.48 Å². The van der Waals surface area contributed by atoms with Crippen LogP contribution < -0.4 is 0 Å². The second kappa shape index (κ2) is 20.3. The molecule has 0 bridgehead atoms. The molecule has 1 heterocycles. The van der Waals surface area contributed by atoms with Crippen molar-refractivity contribution >= 4 is 0 Å². The molecule has 0 amide bonds. The molecule has 178 valence electrons. The number of rotatable bonds is 22. The van der Waals surface area contributed by atoms with Gasteiger partial charge in [0.15, 0.2) is 0 Å². The number of hydrogen-bond acceptors (Lipinski definition) is 2. The Morgan fingerprint density at radius 3 is 1.20 bits per heavy atom. The second-order valence-electron chi connectivity index (χ2n) is 9.70. The van der Waals surface area contributed by atoms with E-state index in [4.69, 9.17) is 0 Å². The molecule has 0 fully saturated rings. The lowest BCUT2D eigenvalue weighted by atomic mass is 10.1. The SMILES string of the molecule is CCCCCCCCCCCCCN1C=CN(CCCCCC)C1CCCCCC. The Hall–Kier alpha value is -0.660. The quantitative estimate of drug-likeness (QED) is 0.161. The summed E-state index contributed by atoms with van der Waals surface area (Å²) in [7, 11) is 0. The molecular formula is C28H56N2. The van der Waals surface area contributed by atoms with Gasteiger partial charge < -0.3 is 9.80 Å². The molecule has 0 aromatic rings. The summed E-state index contributed by atoms with van der Waals surface area (Å²) in [4.78, 5) is 5.32. The lowest BCUT2D eigenvalue weighted by Crippen LogP contribution is -2.39. The monoisotopic (exact) mass is 420 g/mol. The molecule has 0 N–H and O–H groups in total. The summed E-state index contributed by atoms with van der Waals surface area (Å²) in [6.45, 7) is 9.44. The highest BCUT2D eigenvalue weighted by molar-refractivity contribution is 4.96. The van der Waals surface area contributed by atoms with Gasteiger partial charge in [-0.05, 0) is 25.7 Å². The molecule has 30 heavy (non-hydrogen) atoms. The molecule has 0 radical (unpaired) electrons. The smallest absolute Gasteiger partial charge is 0.101 e. The van der Waals surface area contributed by atoms with E-state index in [2.05, 4.69) is 43.0 Å². The summed E-state index contributed by atoms with van der Waals surface area (Å²) >= 11 is 0. The van der Waals surface area contributed by atoms with E-state index < -0.39 is 0 Å². The Labute approximate surface area is 190 Å². The van der Waals surface area contributed by atoms with Gasteiger partial charge >= 0.3 is 0 Å². The largest absolute Gasteiger partial charge is 0.356 e. The van der Waals surface area contributed by atoms with E-state index in [9.17, 15) is 0 Å². The normalized spacial score (nSPS) is 16.2. The summed E-state index contributed by atoms with van der Waals surface area (Å²) in [5.74, 6) is 0. The van der Waals surface area contributed by atoms with Crippen LogP contribution in [0.4, 0.5) is 0 Å². The van der Waals surface area contributed by atoms with Crippen molar-refractivity contribution in [2.75, 3.05) is 13.1 Å². The van der Waals surface area contributed by atoms with Crippen molar-refractivity contribution in [1.29, 1.82) is 0 Å². The van der Waals surface area contributed by atoms with Crippen LogP contribution in [0, 0.1) is 0 Å². The molecule has 0 aliphatic carbocycles. The molecule has 0 saturated heterocycles. The third-order valence-electron chi connectivity index (χ3n) is 6.82. The van der Waals surface area contributed by atoms with Crippen LogP contribution in [0.1, 0.15) is 149 Å². The third kappa shape index (κ3) is 13.6. The summed E-state index contributed by atoms with van der Waals surface area (Å²) in [5, 5.41) is 0. The van der Waals surface area contributed by atoms with Gasteiger partial charge in [-0.1, -0.05) is 124 Å². The Morgan fingerprint density at radius 2 is 0.767 bits per heavy atom. The minimum Gasteiger partial charge on any atom is -0.356 e. The van der Waals surface area contributed by atoms with E-state index in [-0.39, 0.29) is 0 Å². The van der Waals surface area contributed by atoms with Crippen molar-refractivity contribution in [2.24, 2.45) is 0 Å². The predicted octanol–water partition coefficient (Wildman–Crippen LogP) is 9.26. The van der Waals surface area contributed by atoms with Crippen LogP contribution >= 0.6 is 0 Å². The van der Waals surface area contributed by atoms with Gasteiger partial charge in [-0.2, -0.15) is 0 Å². The van der Waals surface area contributed by atoms with Gasteiger partial charge in [-0.15, -0.1) is 0 Å². The van der Waals surface area contributed by atoms with Crippen molar-refractivity contribution in [3.63, 3.8) is 0 Å². The number of nitrogens with zero attached hydrogens (tertiary/aromatic N) is 2. The molecule has 1 aliphatic heterocycles. The maximum atomic E-state index is 2.67. The first kappa shape index (κ1) is 27.4. The van der Waals surface area contributed by atoms with Crippen LogP contribution in [0.5, 0.6) is 0 Å². The number of unbranched alkanes of at least 4 members (excludes halogenated alkanes) is 16. The van der Waals surface area contributed by atoms with E-state index in [1.165, 1.54) is 142 Å². The molecule has 2 nitrogen and oxygen atoms in total. The summed E-state index contributed by atoms with van der Waals surface area (Å²) in [6.07, 6.45) is 33.6. The lowest BCUT2D eigenvalue weighted by Gasteiger charge is -2.33. The zero-order chi connectivity index (χ0) is 21.7. The molecule has 1 atom stereocenters. The minimum absolute atomic E-state index is 0.645. The zero-order valence-electron chi connectivity index (χ0n) is 21.2. The molecule has 0 aromatic carbocycles. The molecule has 0 aromatic heterocycles. The Morgan fingerprint density at radius 1 is 0.433 bits per heavy atom. The maximum absolute atomic E-state index is 2.67. The Bertz CT molecular complexity index is 379. The van der Waals surface area contributed by atoms with Crippen LogP contribution in [0.2, 0.25) is 0 Å². The first-order valence-corrected chi connectivity index (χ1v) is 14.0. The van der Waals surface area contributed by atoms with Crippen LogP contribution in [-0.4, -0.2) is 29.1 Å². The first-order valence-electron chi connectivity index (χ1n) is 14.0. The van der Waals surface area contributed by atoms with Gasteiger partial charge in [0.2, 0.25) is 0 Å². The van der Waals surface area contributed by atoms with Crippen LogP contribution in [-0.2, 0) is 0 Å². The van der Waals surface area contributed by atoms with E-state index in [1.807, 2.05) is 0 Å². The standard InChI is InChI=1S/C28H56N2/c1-4-7-10-13-14-15-16-17-18-19-22-25-30-27-26-29(24-21-12-9-6-3)28(30)23-20-11-8-5-2/h26-28H,4-25H2,1-3H3. The van der Waals surface area contributed by atoms with Crippen molar-refractivity contribution in [3.05, 3.63) is 12.4 Å². The zero-order valence-corrected chi connectivity index (χ0v) is 21.2. The van der Waals surface area contributed by atoms with Gasteiger partial charge in [-0.25, -0.2) is 0 Å². The predicted molar refractivity (Wildman–Crippen MR) is 136 cm³/mol. The van der Waals surface area contributed by atoms with Crippen molar-refractivity contribution in [2.45, 2.75) is 155 Å². The highest BCUT2D eigenvalue weighted by Gasteiger charge is 2.24. The average molecular weight is 421 g/mol. The van der Waals surface area contributed by atoms with Crippen molar-refractivity contribution in [1.82, 2.24) is 9.80 Å². The first-order chi connectivity index (χ1) is 14.8. The average Bonchev–Trinajstić information content (AvgIpc) is 3.14. The Kier molecular flexibility index (Phi) is 18.5. The molecular weight excluding hydrogens is 364 g/mol. The Balaban J connectivity index is 2.16. The maximum Gasteiger partial charge on any atom is 0.101 e. The minimum atomic E-state index is 0.645. The van der Waals surface area contributed by atoms with Gasteiger partial charge in [0.05, 0.1) is 0 Å². The highest BCUT2D eigenvalue weighted by atomic mass is 15.4. The molecule has 1 rings (SSSR count). The third-order valence-corrected chi connectivity index (χ3v) is 6.82. The van der Waals surface area contributed by atoms with Crippen LogP contribution in [0.3, 0.4) is 0 Å². The fourth-order valence-corrected chi connectivity index (χ4v) is 4.77. The van der Waals surface area contributed by atoms with Crippen LogP contribution in [0.15, 0.2) is 12.4 Å². The molecule has 1 aliphatic rings. The number of hydrogen-bond donors (Lipinski definition) is 0. The summed E-state index contributed by atoms with van der Waals surface area (Å²) in [6, 6.07) is 0. The second-order valence-corrected chi connectivity index (χ2v) is 9.70. The van der Waals surface area contributed by atoms with Gasteiger partial charge in [0.1, 0.15) is 6.17 Å². The van der Waals surface area contributed by atoms with E-state index in [0.29, 0.717) is 6.17 Å². The lowest BCUT2D eigenvalue weighted by molar-refractivity contribution is 0.135. The van der Waals surface area contributed by atoms with E-state index >= 15 is 0 Å². The van der Waals surface area contributed by atoms with Crippen molar-refractivity contribution < 1.29 is 0 Å². The van der Waals surface area contributed by atoms with Gasteiger partial charge in [-0.3, -0.25) is 0 Å². The summed E-state index contributed by atoms with van der Waals surface area (Å²) < 4.78 is 0. The van der Waals surface area contributed by atoms with Gasteiger partial charge in [0.25, 0.3) is 0 Å². The molecule has 0 spiro atoms. The highest BCUT2D eigenvalue weighted by Crippen LogP contribution is 2.23. The molecule has 1 unspecified atom stereocenters. The molecule has 2 heteroatoms. The van der Waals surface area contributed by atoms with Crippen LogP contribution in [0.25, 0.3) is 0 Å². The summed E-state index contributed by atoms with van der Waals surface area (Å²) in [5.41, 5.74) is 0.